The van der Waals surface area contributed by atoms with Gasteiger partial charge < -0.3 is 5.32 Å². The largest absolute Gasteiger partial charge is 0.668 e. The quantitative estimate of drug-likeness (QED) is 0.457. The fourth-order valence-electron chi connectivity index (χ4n) is 3.98. The molecule has 0 bridgehead atoms. The molecular weight excluding hydrogens is 422 g/mol. The Morgan fingerprint density at radius 1 is 1.04 bits per heavy atom. The van der Waals surface area contributed by atoms with Crippen LogP contribution in [-0.2, 0) is 30.4 Å². The SMILES string of the molecule is CCC1=Cc2c(-c3ccc(C(C)(C)C)cc3)cccc2[CH]1[Zr+]1[O][CH]1C.C[N-]C. The predicted molar refractivity (Wildman–Crippen MR) is 117 cm³/mol. The van der Waals surface area contributed by atoms with Crippen molar-refractivity contribution in [1.82, 2.24) is 0 Å². The molecule has 4 rings (SSSR count). The summed E-state index contributed by atoms with van der Waals surface area (Å²) in [5, 5.41) is 3.50. The number of hydrogen-bond acceptors (Lipinski definition) is 1. The van der Waals surface area contributed by atoms with Gasteiger partial charge in [-0.1, -0.05) is 0 Å². The molecule has 0 amide bonds. The molecule has 0 radical (unpaired) electrons. The fourth-order valence-corrected chi connectivity index (χ4v) is 10.3. The smallest absolute Gasteiger partial charge is 0.162 e. The van der Waals surface area contributed by atoms with Crippen molar-refractivity contribution in [2.24, 2.45) is 0 Å². The molecule has 1 aliphatic heterocycles. The van der Waals surface area contributed by atoms with Gasteiger partial charge in [0.25, 0.3) is 0 Å². The Balaban J connectivity index is 0.000000706. The molecule has 1 fully saturated rings. The van der Waals surface area contributed by atoms with Gasteiger partial charge in [0.05, 0.1) is 0 Å². The first-order valence-electron chi connectivity index (χ1n) is 10.3. The number of fused-ring (bicyclic) bond motifs is 1. The summed E-state index contributed by atoms with van der Waals surface area (Å²) in [4.78, 5) is 0. The Morgan fingerprint density at radius 3 is 2.14 bits per heavy atom. The van der Waals surface area contributed by atoms with E-state index < -0.39 is 22.2 Å². The molecule has 3 heteroatoms. The second-order valence-corrected chi connectivity index (χ2v) is 14.7. The van der Waals surface area contributed by atoms with Crippen LogP contribution in [0.15, 0.2) is 48.0 Å². The van der Waals surface area contributed by atoms with Gasteiger partial charge >= 0.3 is 161 Å². The molecule has 2 aromatic rings. The molecule has 2 aromatic carbocycles. The van der Waals surface area contributed by atoms with Crippen LogP contribution in [0.25, 0.3) is 22.5 Å². The monoisotopic (exact) mass is 453 g/mol. The Morgan fingerprint density at radius 2 is 1.64 bits per heavy atom. The number of hydrogen-bond donors (Lipinski definition) is 0. The summed E-state index contributed by atoms with van der Waals surface area (Å²) in [6.45, 7) is 11.4. The number of nitrogens with zero attached hydrogens (tertiary/aromatic N) is 1. The predicted octanol–water partition coefficient (Wildman–Crippen LogP) is 7.03. The number of allylic oxidation sites excluding steroid dienone is 1. The summed E-state index contributed by atoms with van der Waals surface area (Å²) in [6, 6.07) is 16.0. The van der Waals surface area contributed by atoms with Crippen LogP contribution in [0.1, 0.15) is 61.4 Å². The van der Waals surface area contributed by atoms with E-state index >= 15 is 0 Å². The molecule has 0 aromatic heterocycles. The Kier molecular flexibility index (Phi) is 6.80. The van der Waals surface area contributed by atoms with Crippen LogP contribution < -0.4 is 0 Å². The van der Waals surface area contributed by atoms with Gasteiger partial charge in [-0.15, -0.1) is 0 Å². The van der Waals surface area contributed by atoms with Crippen LogP contribution in [0.5, 0.6) is 0 Å². The summed E-state index contributed by atoms with van der Waals surface area (Å²) in [5.41, 5.74) is 8.89. The minimum Gasteiger partial charge on any atom is -0.668 e. The van der Waals surface area contributed by atoms with E-state index in [9.17, 15) is 0 Å². The molecule has 2 unspecified atom stereocenters. The molecule has 1 aliphatic carbocycles. The molecule has 2 atom stereocenters. The second kappa shape index (κ2) is 8.78. The first-order valence-corrected chi connectivity index (χ1v) is 14.1. The van der Waals surface area contributed by atoms with Gasteiger partial charge in [-0.25, -0.2) is 0 Å². The fraction of sp³-hybridized carbons (Fsp3) is 0.440. The van der Waals surface area contributed by atoms with Crippen LogP contribution in [0.2, 0.25) is 0 Å². The second-order valence-electron chi connectivity index (χ2n) is 8.75. The van der Waals surface area contributed by atoms with Crippen molar-refractivity contribution in [1.29, 1.82) is 0 Å². The maximum Gasteiger partial charge on any atom is -0.162 e. The summed E-state index contributed by atoms with van der Waals surface area (Å²) in [6.07, 6.45) is 3.61. The number of rotatable bonds is 3. The molecule has 0 N–H and O–H groups in total. The zero-order valence-electron chi connectivity index (χ0n) is 18.3. The minimum absolute atomic E-state index is 0.199. The van der Waals surface area contributed by atoms with Gasteiger partial charge in [0.1, 0.15) is 0 Å². The summed E-state index contributed by atoms with van der Waals surface area (Å²) in [5.74, 6) is 0. The van der Waals surface area contributed by atoms with Crippen LogP contribution in [0.3, 0.4) is 0 Å². The number of benzene rings is 2. The van der Waals surface area contributed by atoms with Crippen molar-refractivity contribution in [2.75, 3.05) is 14.1 Å². The third kappa shape index (κ3) is 4.43. The van der Waals surface area contributed by atoms with Gasteiger partial charge in [0, 0.05) is 0 Å². The van der Waals surface area contributed by atoms with Gasteiger partial charge in [0.15, 0.2) is 0 Å². The van der Waals surface area contributed by atoms with E-state index in [1.54, 1.807) is 19.7 Å². The average Bonchev–Trinajstić information content (AvgIpc) is 3.25. The third-order valence-corrected chi connectivity index (χ3v) is 11.9. The van der Waals surface area contributed by atoms with Crippen LogP contribution >= 0.6 is 0 Å². The Labute approximate surface area is 179 Å². The Hall–Kier alpha value is -1.02. The van der Waals surface area contributed by atoms with Crippen molar-refractivity contribution in [3.05, 3.63) is 70.0 Å². The molecule has 148 valence electrons. The van der Waals surface area contributed by atoms with E-state index in [0.29, 0.717) is 7.44 Å². The van der Waals surface area contributed by atoms with Gasteiger partial charge in [-0.05, 0) is 0 Å². The molecular formula is C25H33NOZr. The van der Waals surface area contributed by atoms with Crippen molar-refractivity contribution in [2.45, 2.75) is 53.9 Å². The molecule has 0 spiro atoms. The first-order chi connectivity index (χ1) is 13.3. The normalized spacial score (nSPS) is 20.2. The van der Waals surface area contributed by atoms with E-state index in [0.717, 1.165) is 6.42 Å². The summed E-state index contributed by atoms with van der Waals surface area (Å²) >= 11 is -1.70. The van der Waals surface area contributed by atoms with E-state index in [1.165, 1.54) is 27.8 Å². The molecule has 28 heavy (non-hydrogen) atoms. The van der Waals surface area contributed by atoms with E-state index in [-0.39, 0.29) is 5.41 Å². The standard InChI is InChI=1S/C21H23.C2H6N.C2H4O.Zr/c1-5-15-13-17-7-6-8-19(20(17)14-15)16-9-11-18(12-10-16)21(2,3)4;1-3-2;1-2-3;/h6-14H,5H2,1-4H3;1-2H3;2H,1H3;/q;2*-1;+2. The molecule has 1 saturated heterocycles. The first kappa shape index (κ1) is 21.7. The van der Waals surface area contributed by atoms with Crippen molar-refractivity contribution < 1.29 is 25.0 Å². The third-order valence-electron chi connectivity index (χ3n) is 5.56. The van der Waals surface area contributed by atoms with E-state index in [1.807, 2.05) is 0 Å². The van der Waals surface area contributed by atoms with Gasteiger partial charge in [-0.2, -0.15) is 14.1 Å². The van der Waals surface area contributed by atoms with Crippen molar-refractivity contribution in [3.63, 3.8) is 0 Å². The van der Waals surface area contributed by atoms with Gasteiger partial charge in [-0.3, -0.25) is 0 Å². The van der Waals surface area contributed by atoms with Crippen molar-refractivity contribution >= 4 is 6.08 Å². The molecule has 0 saturated carbocycles. The maximum atomic E-state index is 6.04. The van der Waals surface area contributed by atoms with Gasteiger partial charge in [0.2, 0.25) is 0 Å². The average molecular weight is 455 g/mol. The maximum absolute atomic E-state index is 6.04. The summed E-state index contributed by atoms with van der Waals surface area (Å²) in [7, 11) is 3.50. The zero-order chi connectivity index (χ0) is 20.5. The van der Waals surface area contributed by atoms with Crippen LogP contribution in [-0.4, -0.2) is 17.9 Å². The Bertz CT molecular complexity index is 848. The van der Waals surface area contributed by atoms with E-state index in [4.69, 9.17) is 2.81 Å². The topological polar surface area (TPSA) is 26.6 Å². The molecule has 2 aliphatic rings. The van der Waals surface area contributed by atoms with Crippen LogP contribution in [0, 0.1) is 0 Å². The van der Waals surface area contributed by atoms with Crippen molar-refractivity contribution in [3.8, 4) is 11.1 Å². The molecule has 1 heterocycles. The summed E-state index contributed by atoms with van der Waals surface area (Å²) < 4.78 is 7.28. The minimum atomic E-state index is -1.70. The zero-order valence-corrected chi connectivity index (χ0v) is 20.8. The van der Waals surface area contributed by atoms with E-state index in [2.05, 4.69) is 88.5 Å². The van der Waals surface area contributed by atoms with Crippen LogP contribution in [0.4, 0.5) is 0 Å². The molecule has 2 nitrogen and oxygen atoms in total.